The van der Waals surface area contributed by atoms with Crippen LogP contribution < -0.4 is 18.9 Å². The zero-order valence-electron chi connectivity index (χ0n) is 13.7. The van der Waals surface area contributed by atoms with E-state index >= 15 is 0 Å². The highest BCUT2D eigenvalue weighted by Crippen LogP contribution is 2.37. The van der Waals surface area contributed by atoms with Gasteiger partial charge in [0.25, 0.3) is 0 Å². The number of methoxy groups -OCH3 is 2. The van der Waals surface area contributed by atoms with E-state index in [0.29, 0.717) is 22.8 Å². The van der Waals surface area contributed by atoms with Crippen molar-refractivity contribution in [1.82, 2.24) is 0 Å². The van der Waals surface area contributed by atoms with Gasteiger partial charge in [-0.3, -0.25) is 0 Å². The minimum atomic E-state index is -0.496. The molecule has 0 spiro atoms. The van der Waals surface area contributed by atoms with Crippen LogP contribution in [0.2, 0.25) is 0 Å². The highest BCUT2D eigenvalue weighted by atomic mass is 16.6. The van der Waals surface area contributed by atoms with Gasteiger partial charge in [0.2, 0.25) is 5.75 Å². The van der Waals surface area contributed by atoms with Gasteiger partial charge in [-0.2, -0.15) is 0 Å². The van der Waals surface area contributed by atoms with Crippen LogP contribution >= 0.6 is 0 Å². The number of carbonyl (C=O) groups is 1. The van der Waals surface area contributed by atoms with Gasteiger partial charge >= 0.3 is 5.97 Å². The van der Waals surface area contributed by atoms with Crippen molar-refractivity contribution in [3.63, 3.8) is 0 Å². The molecule has 122 valence electrons. The number of ether oxygens (including phenoxy) is 4. The first-order valence-corrected chi connectivity index (χ1v) is 7.25. The van der Waals surface area contributed by atoms with Crippen LogP contribution in [0.15, 0.2) is 42.5 Å². The average molecular weight is 316 g/mol. The SMILES string of the molecule is COc1cccc(OC)c1OC(=O)c1ccc(OC(C)C)cc1. The molecule has 5 nitrogen and oxygen atoms in total. The molecule has 0 aliphatic rings. The average Bonchev–Trinajstić information content (AvgIpc) is 2.55. The molecular weight excluding hydrogens is 296 g/mol. The predicted molar refractivity (Wildman–Crippen MR) is 86.7 cm³/mol. The van der Waals surface area contributed by atoms with Gasteiger partial charge in [0.1, 0.15) is 5.75 Å². The second-order valence-electron chi connectivity index (χ2n) is 5.07. The van der Waals surface area contributed by atoms with Gasteiger partial charge in [0.05, 0.1) is 25.9 Å². The molecule has 2 aromatic carbocycles. The normalized spacial score (nSPS) is 10.3. The molecule has 23 heavy (non-hydrogen) atoms. The summed E-state index contributed by atoms with van der Waals surface area (Å²) < 4.78 is 21.4. The van der Waals surface area contributed by atoms with Gasteiger partial charge in [-0.15, -0.1) is 0 Å². The van der Waals surface area contributed by atoms with E-state index in [1.165, 1.54) is 14.2 Å². The van der Waals surface area contributed by atoms with E-state index < -0.39 is 5.97 Å². The Balaban J connectivity index is 2.19. The minimum Gasteiger partial charge on any atom is -0.493 e. The van der Waals surface area contributed by atoms with Gasteiger partial charge in [0.15, 0.2) is 11.5 Å². The van der Waals surface area contributed by atoms with Crippen molar-refractivity contribution in [3.05, 3.63) is 48.0 Å². The predicted octanol–water partition coefficient (Wildman–Crippen LogP) is 3.71. The first kappa shape index (κ1) is 16.7. The molecular formula is C18H20O5. The van der Waals surface area contributed by atoms with Crippen LogP contribution in [0.3, 0.4) is 0 Å². The van der Waals surface area contributed by atoms with E-state index in [2.05, 4.69) is 0 Å². The molecule has 5 heteroatoms. The van der Waals surface area contributed by atoms with E-state index in [1.807, 2.05) is 13.8 Å². The maximum absolute atomic E-state index is 12.3. The summed E-state index contributed by atoms with van der Waals surface area (Å²) in [5.41, 5.74) is 0.411. The Morgan fingerprint density at radius 3 is 1.96 bits per heavy atom. The molecule has 0 N–H and O–H groups in total. The molecule has 0 radical (unpaired) electrons. The summed E-state index contributed by atoms with van der Waals surface area (Å²) in [6, 6.07) is 11.9. The van der Waals surface area contributed by atoms with Gasteiger partial charge in [-0.05, 0) is 50.2 Å². The number of carbonyl (C=O) groups excluding carboxylic acids is 1. The van der Waals surface area contributed by atoms with Crippen molar-refractivity contribution >= 4 is 5.97 Å². The second kappa shape index (κ2) is 7.54. The lowest BCUT2D eigenvalue weighted by atomic mass is 10.2. The maximum atomic E-state index is 12.3. The summed E-state index contributed by atoms with van der Waals surface area (Å²) >= 11 is 0. The van der Waals surface area contributed by atoms with Crippen molar-refractivity contribution in [1.29, 1.82) is 0 Å². The Hall–Kier alpha value is -2.69. The van der Waals surface area contributed by atoms with Crippen LogP contribution in [0.25, 0.3) is 0 Å². The van der Waals surface area contributed by atoms with Crippen LogP contribution in [-0.4, -0.2) is 26.3 Å². The van der Waals surface area contributed by atoms with Gasteiger partial charge in [0, 0.05) is 0 Å². The molecule has 0 aliphatic carbocycles. The zero-order valence-corrected chi connectivity index (χ0v) is 13.7. The Bertz CT molecular complexity index is 639. The van der Waals surface area contributed by atoms with Crippen molar-refractivity contribution in [2.45, 2.75) is 20.0 Å². The van der Waals surface area contributed by atoms with Gasteiger partial charge in [-0.25, -0.2) is 4.79 Å². The summed E-state index contributed by atoms with van der Waals surface area (Å²) in [7, 11) is 3.01. The maximum Gasteiger partial charge on any atom is 0.343 e. The van der Waals surface area contributed by atoms with Crippen molar-refractivity contribution in [3.8, 4) is 23.0 Å². The monoisotopic (exact) mass is 316 g/mol. The summed E-state index contributed by atoms with van der Waals surface area (Å²) in [6.45, 7) is 3.88. The smallest absolute Gasteiger partial charge is 0.343 e. The van der Waals surface area contributed by atoms with Gasteiger partial charge < -0.3 is 18.9 Å². The Labute approximate surface area is 135 Å². The lowest BCUT2D eigenvalue weighted by Crippen LogP contribution is -2.10. The van der Waals surface area contributed by atoms with Gasteiger partial charge in [-0.1, -0.05) is 6.07 Å². The van der Waals surface area contributed by atoms with Crippen LogP contribution in [0.4, 0.5) is 0 Å². The number of rotatable bonds is 6. The van der Waals surface area contributed by atoms with Crippen molar-refractivity contribution < 1.29 is 23.7 Å². The third-order valence-corrected chi connectivity index (χ3v) is 3.04. The molecule has 0 heterocycles. The quantitative estimate of drug-likeness (QED) is 0.600. The molecule has 2 aromatic rings. The molecule has 0 atom stereocenters. The molecule has 0 fully saturated rings. The summed E-state index contributed by atoms with van der Waals surface area (Å²) in [5, 5.41) is 0. The molecule has 0 saturated carbocycles. The fourth-order valence-electron chi connectivity index (χ4n) is 2.01. The first-order chi connectivity index (χ1) is 11.0. The lowest BCUT2D eigenvalue weighted by molar-refractivity contribution is 0.0724. The molecule has 0 saturated heterocycles. The number of esters is 1. The molecule has 0 amide bonds. The zero-order chi connectivity index (χ0) is 16.8. The second-order valence-corrected chi connectivity index (χ2v) is 5.07. The molecule has 0 bridgehead atoms. The summed E-state index contributed by atoms with van der Waals surface area (Å²) in [5.74, 6) is 1.32. The van der Waals surface area contributed by atoms with E-state index in [1.54, 1.807) is 42.5 Å². The van der Waals surface area contributed by atoms with Crippen molar-refractivity contribution in [2.75, 3.05) is 14.2 Å². The Morgan fingerprint density at radius 1 is 0.913 bits per heavy atom. The number of para-hydroxylation sites is 1. The van der Waals surface area contributed by atoms with E-state index in [0.717, 1.165) is 0 Å². The third-order valence-electron chi connectivity index (χ3n) is 3.04. The Kier molecular flexibility index (Phi) is 5.46. The standard InChI is InChI=1S/C18H20O5/c1-12(2)22-14-10-8-13(9-11-14)18(19)23-17-15(20-3)6-5-7-16(17)21-4/h5-12H,1-4H3. The fraction of sp³-hybridized carbons (Fsp3) is 0.278. The molecule has 0 aliphatic heterocycles. The number of hydrogen-bond donors (Lipinski definition) is 0. The molecule has 2 rings (SSSR count). The van der Waals surface area contributed by atoms with E-state index in [-0.39, 0.29) is 11.9 Å². The highest BCUT2D eigenvalue weighted by Gasteiger charge is 2.17. The largest absolute Gasteiger partial charge is 0.493 e. The van der Waals surface area contributed by atoms with Crippen molar-refractivity contribution in [2.24, 2.45) is 0 Å². The topological polar surface area (TPSA) is 54.0 Å². The Morgan fingerprint density at radius 2 is 1.48 bits per heavy atom. The van der Waals surface area contributed by atoms with Crippen LogP contribution in [-0.2, 0) is 0 Å². The molecule has 0 aromatic heterocycles. The van der Waals surface area contributed by atoms with Crippen LogP contribution in [0, 0.1) is 0 Å². The molecule has 0 unspecified atom stereocenters. The highest BCUT2D eigenvalue weighted by molar-refractivity contribution is 5.91. The third kappa shape index (κ3) is 4.16. The van der Waals surface area contributed by atoms with E-state index in [4.69, 9.17) is 18.9 Å². The lowest BCUT2D eigenvalue weighted by Gasteiger charge is -2.13. The summed E-state index contributed by atoms with van der Waals surface area (Å²) in [4.78, 5) is 12.3. The number of benzene rings is 2. The van der Waals surface area contributed by atoms with Crippen LogP contribution in [0.5, 0.6) is 23.0 Å². The van der Waals surface area contributed by atoms with Crippen LogP contribution in [0.1, 0.15) is 24.2 Å². The number of hydrogen-bond acceptors (Lipinski definition) is 5. The minimum absolute atomic E-state index is 0.0747. The fourth-order valence-corrected chi connectivity index (χ4v) is 2.01. The van der Waals surface area contributed by atoms with E-state index in [9.17, 15) is 4.79 Å². The summed E-state index contributed by atoms with van der Waals surface area (Å²) in [6.07, 6.45) is 0.0747. The first-order valence-electron chi connectivity index (χ1n) is 7.25.